The van der Waals surface area contributed by atoms with E-state index in [9.17, 15) is 0 Å². The lowest BCUT2D eigenvalue weighted by Gasteiger charge is -2.23. The molecule has 1 aromatic rings. The zero-order valence-corrected chi connectivity index (χ0v) is 14.8. The molecule has 0 spiro atoms. The SMILES string of the molecule is CC(O)CN1C=NCCC1.Cl.c1ccc(C23CCCC2C3)cc1. The van der Waals surface area contributed by atoms with E-state index in [-0.39, 0.29) is 18.5 Å². The van der Waals surface area contributed by atoms with E-state index in [1.165, 1.54) is 25.7 Å². The summed E-state index contributed by atoms with van der Waals surface area (Å²) in [6, 6.07) is 11.1. The molecule has 2 fully saturated rings. The van der Waals surface area contributed by atoms with Gasteiger partial charge in [-0.05, 0) is 49.5 Å². The third-order valence-corrected chi connectivity index (χ3v) is 5.23. The van der Waals surface area contributed by atoms with E-state index in [2.05, 4.69) is 35.3 Å². The molecule has 23 heavy (non-hydrogen) atoms. The predicted molar refractivity (Wildman–Crippen MR) is 98.6 cm³/mol. The van der Waals surface area contributed by atoms with Crippen LogP contribution in [0.4, 0.5) is 0 Å². The van der Waals surface area contributed by atoms with Crippen LogP contribution < -0.4 is 0 Å². The number of benzene rings is 1. The third kappa shape index (κ3) is 4.48. The molecule has 0 aromatic heterocycles. The van der Waals surface area contributed by atoms with E-state index >= 15 is 0 Å². The van der Waals surface area contributed by atoms with Crippen molar-refractivity contribution < 1.29 is 5.11 Å². The molecule has 128 valence electrons. The number of aliphatic hydroxyl groups excluding tert-OH is 1. The maximum absolute atomic E-state index is 9.00. The molecule has 1 aromatic carbocycles. The van der Waals surface area contributed by atoms with Crippen molar-refractivity contribution in [1.82, 2.24) is 4.90 Å². The highest BCUT2D eigenvalue weighted by Gasteiger charge is 2.57. The van der Waals surface area contributed by atoms with E-state index in [1.807, 2.05) is 11.2 Å². The Labute approximate surface area is 146 Å². The van der Waals surface area contributed by atoms with E-state index < -0.39 is 0 Å². The van der Waals surface area contributed by atoms with Crippen molar-refractivity contribution in [2.24, 2.45) is 10.9 Å². The summed E-state index contributed by atoms with van der Waals surface area (Å²) in [6.45, 7) is 4.48. The molecule has 0 bridgehead atoms. The number of β-amino-alcohol motifs (C(OH)–C–C–N with tert-alkyl or cyclic N) is 1. The second-order valence-electron chi connectivity index (χ2n) is 7.03. The fourth-order valence-corrected chi connectivity index (χ4v) is 4.07. The molecular formula is C19H29ClN2O. The molecule has 1 aliphatic heterocycles. The highest BCUT2D eigenvalue weighted by Crippen LogP contribution is 2.64. The van der Waals surface area contributed by atoms with Crippen LogP contribution in [-0.2, 0) is 5.41 Å². The number of aliphatic imine (C=N–C) groups is 1. The first-order chi connectivity index (χ1) is 10.7. The topological polar surface area (TPSA) is 35.8 Å². The molecule has 0 amide bonds. The van der Waals surface area contributed by atoms with Gasteiger partial charge in [0, 0.05) is 19.6 Å². The highest BCUT2D eigenvalue weighted by molar-refractivity contribution is 5.85. The van der Waals surface area contributed by atoms with Gasteiger partial charge in [-0.3, -0.25) is 4.99 Å². The lowest BCUT2D eigenvalue weighted by atomic mass is 9.94. The summed E-state index contributed by atoms with van der Waals surface area (Å²) >= 11 is 0. The molecular weight excluding hydrogens is 308 g/mol. The van der Waals surface area contributed by atoms with Crippen LogP contribution in [0.5, 0.6) is 0 Å². The fourth-order valence-electron chi connectivity index (χ4n) is 4.07. The molecule has 3 aliphatic rings. The minimum Gasteiger partial charge on any atom is -0.392 e. The van der Waals surface area contributed by atoms with Gasteiger partial charge in [0.1, 0.15) is 0 Å². The summed E-state index contributed by atoms with van der Waals surface area (Å²) in [5.74, 6) is 1.04. The Kier molecular flexibility index (Phi) is 6.49. The molecule has 3 unspecified atom stereocenters. The van der Waals surface area contributed by atoms with E-state index in [0.29, 0.717) is 12.0 Å². The number of hydrogen-bond acceptors (Lipinski definition) is 3. The minimum atomic E-state index is -0.246. The monoisotopic (exact) mass is 336 g/mol. The molecule has 1 heterocycles. The molecule has 4 heteroatoms. The molecule has 2 saturated carbocycles. The molecule has 3 atom stereocenters. The molecule has 3 nitrogen and oxygen atoms in total. The first kappa shape index (κ1) is 18.3. The zero-order chi connectivity index (χ0) is 15.4. The Bertz CT molecular complexity index is 505. The maximum atomic E-state index is 9.00. The molecule has 0 saturated heterocycles. The largest absolute Gasteiger partial charge is 0.392 e. The summed E-state index contributed by atoms with van der Waals surface area (Å²) in [4.78, 5) is 6.15. The first-order valence-corrected chi connectivity index (χ1v) is 8.68. The van der Waals surface area contributed by atoms with Gasteiger partial charge in [0.15, 0.2) is 0 Å². The van der Waals surface area contributed by atoms with Gasteiger partial charge in [-0.15, -0.1) is 12.4 Å². The predicted octanol–water partition coefficient (Wildman–Crippen LogP) is 3.65. The van der Waals surface area contributed by atoms with Crippen LogP contribution in [0.1, 0.15) is 44.6 Å². The van der Waals surface area contributed by atoms with Crippen LogP contribution in [0.25, 0.3) is 0 Å². The van der Waals surface area contributed by atoms with Gasteiger partial charge in [0.2, 0.25) is 0 Å². The van der Waals surface area contributed by atoms with Crippen molar-refractivity contribution in [1.29, 1.82) is 0 Å². The molecule has 4 rings (SSSR count). The normalized spacial score (nSPS) is 29.0. The van der Waals surface area contributed by atoms with E-state index in [0.717, 1.165) is 25.4 Å². The van der Waals surface area contributed by atoms with Gasteiger partial charge >= 0.3 is 0 Å². The molecule has 2 aliphatic carbocycles. The van der Waals surface area contributed by atoms with Crippen LogP contribution in [0.3, 0.4) is 0 Å². The van der Waals surface area contributed by atoms with Crippen LogP contribution in [0.2, 0.25) is 0 Å². The Morgan fingerprint density at radius 2 is 2.09 bits per heavy atom. The van der Waals surface area contributed by atoms with Crippen LogP contribution >= 0.6 is 12.4 Å². The number of halogens is 1. The van der Waals surface area contributed by atoms with Crippen LogP contribution in [-0.4, -0.2) is 42.1 Å². The second-order valence-corrected chi connectivity index (χ2v) is 7.03. The number of nitrogens with zero attached hydrogens (tertiary/aromatic N) is 2. The zero-order valence-electron chi connectivity index (χ0n) is 14.0. The van der Waals surface area contributed by atoms with Gasteiger partial charge in [0.05, 0.1) is 12.4 Å². The average Bonchev–Trinajstić information content (AvgIpc) is 3.11. The van der Waals surface area contributed by atoms with Gasteiger partial charge in [-0.2, -0.15) is 0 Å². The van der Waals surface area contributed by atoms with Crippen LogP contribution in [0.15, 0.2) is 35.3 Å². The first-order valence-electron chi connectivity index (χ1n) is 8.68. The standard InChI is InChI=1S/C12H14.C7H14N2O.ClH/c1-2-5-10(6-3-1)12-8-4-7-11(12)9-12;1-7(10)5-9-4-2-3-8-6-9;/h1-3,5-6,11H,4,7-9H2;6-7,10H,2-5H2,1H3;1H. The maximum Gasteiger partial charge on any atom is 0.0850 e. The lowest BCUT2D eigenvalue weighted by Crippen LogP contribution is -2.33. The third-order valence-electron chi connectivity index (χ3n) is 5.23. The van der Waals surface area contributed by atoms with E-state index in [4.69, 9.17) is 5.11 Å². The summed E-state index contributed by atoms with van der Waals surface area (Å²) in [6.07, 6.45) is 8.55. The number of rotatable bonds is 3. The average molecular weight is 337 g/mol. The Hall–Kier alpha value is -1.06. The van der Waals surface area contributed by atoms with Crippen molar-refractivity contribution in [2.75, 3.05) is 19.6 Å². The van der Waals surface area contributed by atoms with Gasteiger partial charge in [0.25, 0.3) is 0 Å². The summed E-state index contributed by atoms with van der Waals surface area (Å²) in [5.41, 5.74) is 2.26. The lowest BCUT2D eigenvalue weighted by molar-refractivity contribution is 0.159. The van der Waals surface area contributed by atoms with Gasteiger partial charge in [-0.1, -0.05) is 36.8 Å². The van der Waals surface area contributed by atoms with Gasteiger partial charge in [-0.25, -0.2) is 0 Å². The van der Waals surface area contributed by atoms with Crippen LogP contribution in [0, 0.1) is 5.92 Å². The number of hydrogen-bond donors (Lipinski definition) is 1. The fraction of sp³-hybridized carbons (Fsp3) is 0.632. The second kappa shape index (κ2) is 8.16. The van der Waals surface area contributed by atoms with Gasteiger partial charge < -0.3 is 10.0 Å². The minimum absolute atomic E-state index is 0. The van der Waals surface area contributed by atoms with Crippen molar-refractivity contribution in [3.63, 3.8) is 0 Å². The quantitative estimate of drug-likeness (QED) is 0.914. The number of fused-ring (bicyclic) bond motifs is 1. The highest BCUT2D eigenvalue weighted by atomic mass is 35.5. The summed E-state index contributed by atoms with van der Waals surface area (Å²) in [7, 11) is 0. The Balaban J connectivity index is 0.000000163. The summed E-state index contributed by atoms with van der Waals surface area (Å²) < 4.78 is 0. The van der Waals surface area contributed by atoms with Crippen molar-refractivity contribution >= 4 is 18.7 Å². The Morgan fingerprint density at radius 1 is 1.30 bits per heavy atom. The summed E-state index contributed by atoms with van der Waals surface area (Å²) in [5, 5.41) is 9.00. The van der Waals surface area contributed by atoms with Crippen molar-refractivity contribution in [3.8, 4) is 0 Å². The Morgan fingerprint density at radius 3 is 2.61 bits per heavy atom. The molecule has 0 radical (unpaired) electrons. The van der Waals surface area contributed by atoms with Crippen molar-refractivity contribution in [3.05, 3.63) is 35.9 Å². The molecule has 1 N–H and O–H groups in total. The number of aliphatic hydroxyl groups is 1. The van der Waals surface area contributed by atoms with E-state index in [1.54, 1.807) is 12.5 Å². The smallest absolute Gasteiger partial charge is 0.0850 e. The van der Waals surface area contributed by atoms with Crippen molar-refractivity contribution in [2.45, 2.75) is 50.5 Å².